The SMILES string of the molecule is O=C(C1CCOC1)N1CCCC1CC(O)c1ccco1. The predicted molar refractivity (Wildman–Crippen MR) is 71.9 cm³/mol. The Morgan fingerprint density at radius 1 is 1.50 bits per heavy atom. The number of hydrogen-bond acceptors (Lipinski definition) is 4. The Morgan fingerprint density at radius 2 is 2.40 bits per heavy atom. The average Bonchev–Trinajstić information content (AvgIpc) is 3.20. The van der Waals surface area contributed by atoms with Gasteiger partial charge in [0.1, 0.15) is 11.9 Å². The molecule has 3 heterocycles. The lowest BCUT2D eigenvalue weighted by Gasteiger charge is -2.28. The summed E-state index contributed by atoms with van der Waals surface area (Å²) in [7, 11) is 0. The largest absolute Gasteiger partial charge is 0.467 e. The van der Waals surface area contributed by atoms with E-state index in [-0.39, 0.29) is 17.9 Å². The highest BCUT2D eigenvalue weighted by atomic mass is 16.5. The van der Waals surface area contributed by atoms with Crippen molar-refractivity contribution >= 4 is 5.91 Å². The molecule has 2 saturated heterocycles. The fraction of sp³-hybridized carbons (Fsp3) is 0.667. The molecule has 1 aromatic heterocycles. The minimum atomic E-state index is -0.636. The van der Waals surface area contributed by atoms with E-state index in [9.17, 15) is 9.90 Å². The third kappa shape index (κ3) is 2.74. The van der Waals surface area contributed by atoms with E-state index in [0.29, 0.717) is 25.4 Å². The molecule has 3 atom stereocenters. The van der Waals surface area contributed by atoms with Crippen LogP contribution < -0.4 is 0 Å². The smallest absolute Gasteiger partial charge is 0.228 e. The van der Waals surface area contributed by atoms with Gasteiger partial charge in [0.2, 0.25) is 5.91 Å². The first-order valence-electron chi connectivity index (χ1n) is 7.35. The molecular formula is C15H21NO4. The van der Waals surface area contributed by atoms with Gasteiger partial charge in [0.25, 0.3) is 0 Å². The van der Waals surface area contributed by atoms with Crippen LogP contribution in [0.4, 0.5) is 0 Å². The van der Waals surface area contributed by atoms with Crippen LogP contribution in [0, 0.1) is 5.92 Å². The van der Waals surface area contributed by atoms with Gasteiger partial charge in [-0.3, -0.25) is 4.79 Å². The van der Waals surface area contributed by atoms with E-state index in [0.717, 1.165) is 25.8 Å². The van der Waals surface area contributed by atoms with Crippen molar-refractivity contribution in [3.8, 4) is 0 Å². The van der Waals surface area contributed by atoms with Gasteiger partial charge in [-0.15, -0.1) is 0 Å². The number of rotatable bonds is 4. The maximum atomic E-state index is 12.5. The summed E-state index contributed by atoms with van der Waals surface area (Å²) >= 11 is 0. The lowest BCUT2D eigenvalue weighted by molar-refractivity contribution is -0.136. The number of hydrogen-bond donors (Lipinski definition) is 1. The Balaban J connectivity index is 1.61. The van der Waals surface area contributed by atoms with Gasteiger partial charge in [0.05, 0.1) is 18.8 Å². The van der Waals surface area contributed by atoms with Crippen LogP contribution >= 0.6 is 0 Å². The van der Waals surface area contributed by atoms with E-state index in [1.54, 1.807) is 18.4 Å². The number of likely N-dealkylation sites (tertiary alicyclic amines) is 1. The van der Waals surface area contributed by atoms with E-state index >= 15 is 0 Å². The maximum absolute atomic E-state index is 12.5. The highest BCUT2D eigenvalue weighted by Gasteiger charge is 2.35. The van der Waals surface area contributed by atoms with E-state index in [1.165, 1.54) is 0 Å². The summed E-state index contributed by atoms with van der Waals surface area (Å²) in [6.07, 6.45) is 4.26. The molecule has 110 valence electrons. The van der Waals surface area contributed by atoms with Crippen LogP contribution in [0.15, 0.2) is 22.8 Å². The molecule has 2 aliphatic rings. The van der Waals surface area contributed by atoms with Gasteiger partial charge in [-0.05, 0) is 31.4 Å². The molecule has 5 heteroatoms. The van der Waals surface area contributed by atoms with Gasteiger partial charge in [-0.1, -0.05) is 0 Å². The fourth-order valence-corrected chi connectivity index (χ4v) is 3.19. The average molecular weight is 279 g/mol. The molecule has 1 aromatic rings. The molecule has 1 amide bonds. The van der Waals surface area contributed by atoms with Crippen molar-refractivity contribution < 1.29 is 19.1 Å². The lowest BCUT2D eigenvalue weighted by Crippen LogP contribution is -2.40. The van der Waals surface area contributed by atoms with Gasteiger partial charge in [-0.25, -0.2) is 0 Å². The maximum Gasteiger partial charge on any atom is 0.228 e. The Labute approximate surface area is 118 Å². The number of ether oxygens (including phenoxy) is 1. The second-order valence-electron chi connectivity index (χ2n) is 5.66. The van der Waals surface area contributed by atoms with E-state index in [1.807, 2.05) is 4.90 Å². The first-order chi connectivity index (χ1) is 9.75. The summed E-state index contributed by atoms with van der Waals surface area (Å²) in [5, 5.41) is 10.2. The number of aliphatic hydroxyl groups excluding tert-OH is 1. The van der Waals surface area contributed by atoms with Crippen LogP contribution in [0.5, 0.6) is 0 Å². The molecule has 0 radical (unpaired) electrons. The number of carbonyl (C=O) groups is 1. The van der Waals surface area contributed by atoms with Crippen LogP contribution in [-0.4, -0.2) is 41.7 Å². The Bertz CT molecular complexity index is 439. The molecular weight excluding hydrogens is 258 g/mol. The fourth-order valence-electron chi connectivity index (χ4n) is 3.19. The minimum absolute atomic E-state index is 0.0105. The normalized spacial score (nSPS) is 27.9. The van der Waals surface area contributed by atoms with Crippen LogP contribution in [0.1, 0.15) is 37.5 Å². The Kier molecular flexibility index (Phi) is 4.08. The summed E-state index contributed by atoms with van der Waals surface area (Å²) in [5.41, 5.74) is 0. The van der Waals surface area contributed by atoms with Crippen molar-refractivity contribution in [2.24, 2.45) is 5.92 Å². The van der Waals surface area contributed by atoms with Gasteiger partial charge in [0.15, 0.2) is 0 Å². The first-order valence-corrected chi connectivity index (χ1v) is 7.35. The van der Waals surface area contributed by atoms with Crippen LogP contribution in [-0.2, 0) is 9.53 Å². The second kappa shape index (κ2) is 5.97. The van der Waals surface area contributed by atoms with Crippen molar-refractivity contribution in [1.82, 2.24) is 4.90 Å². The van der Waals surface area contributed by atoms with Gasteiger partial charge < -0.3 is 19.2 Å². The molecule has 2 fully saturated rings. The molecule has 0 aliphatic carbocycles. The van der Waals surface area contributed by atoms with Crippen molar-refractivity contribution in [3.63, 3.8) is 0 Å². The number of amides is 1. The second-order valence-corrected chi connectivity index (χ2v) is 5.66. The first kappa shape index (κ1) is 13.6. The zero-order valence-corrected chi connectivity index (χ0v) is 11.5. The standard InChI is InChI=1S/C15H21NO4/c17-13(14-4-2-7-20-14)9-12-3-1-6-16(12)15(18)11-5-8-19-10-11/h2,4,7,11-13,17H,1,3,5-6,8-10H2. The summed E-state index contributed by atoms with van der Waals surface area (Å²) in [4.78, 5) is 14.4. The van der Waals surface area contributed by atoms with Gasteiger partial charge in [0, 0.05) is 25.6 Å². The van der Waals surface area contributed by atoms with Crippen molar-refractivity contribution in [2.45, 2.75) is 37.8 Å². The quantitative estimate of drug-likeness (QED) is 0.911. The van der Waals surface area contributed by atoms with Crippen molar-refractivity contribution in [1.29, 1.82) is 0 Å². The third-order valence-corrected chi connectivity index (χ3v) is 4.31. The Morgan fingerprint density at radius 3 is 3.10 bits per heavy atom. The highest BCUT2D eigenvalue weighted by Crippen LogP contribution is 2.29. The molecule has 3 unspecified atom stereocenters. The molecule has 2 aliphatic heterocycles. The van der Waals surface area contributed by atoms with E-state index in [2.05, 4.69) is 0 Å². The summed E-state index contributed by atoms with van der Waals surface area (Å²) in [6, 6.07) is 3.66. The predicted octanol–water partition coefficient (Wildman–Crippen LogP) is 1.73. The van der Waals surface area contributed by atoms with E-state index in [4.69, 9.17) is 9.15 Å². The van der Waals surface area contributed by atoms with Crippen LogP contribution in [0.3, 0.4) is 0 Å². The zero-order valence-electron chi connectivity index (χ0n) is 11.5. The summed E-state index contributed by atoms with van der Waals surface area (Å²) < 4.78 is 10.5. The number of furan rings is 1. The molecule has 0 bridgehead atoms. The molecule has 20 heavy (non-hydrogen) atoms. The molecule has 5 nitrogen and oxygen atoms in total. The highest BCUT2D eigenvalue weighted by molar-refractivity contribution is 5.79. The summed E-state index contributed by atoms with van der Waals surface area (Å²) in [5.74, 6) is 0.779. The summed E-state index contributed by atoms with van der Waals surface area (Å²) in [6.45, 7) is 2.03. The molecule has 0 saturated carbocycles. The molecule has 0 spiro atoms. The number of nitrogens with zero attached hydrogens (tertiary/aromatic N) is 1. The van der Waals surface area contributed by atoms with Crippen molar-refractivity contribution in [2.75, 3.05) is 19.8 Å². The monoisotopic (exact) mass is 279 g/mol. The third-order valence-electron chi connectivity index (χ3n) is 4.31. The molecule has 1 N–H and O–H groups in total. The van der Waals surface area contributed by atoms with Gasteiger partial charge >= 0.3 is 0 Å². The molecule has 3 rings (SSSR count). The lowest BCUT2D eigenvalue weighted by atomic mass is 10.0. The van der Waals surface area contributed by atoms with Crippen molar-refractivity contribution in [3.05, 3.63) is 24.2 Å². The topological polar surface area (TPSA) is 62.9 Å². The van der Waals surface area contributed by atoms with Crippen LogP contribution in [0.2, 0.25) is 0 Å². The zero-order chi connectivity index (χ0) is 13.9. The Hall–Kier alpha value is -1.33. The number of aliphatic hydroxyl groups is 1. The number of carbonyl (C=O) groups excluding carboxylic acids is 1. The molecule has 0 aromatic carbocycles. The van der Waals surface area contributed by atoms with Crippen LogP contribution in [0.25, 0.3) is 0 Å². The minimum Gasteiger partial charge on any atom is -0.467 e. The van der Waals surface area contributed by atoms with E-state index < -0.39 is 6.10 Å². The van der Waals surface area contributed by atoms with Gasteiger partial charge in [-0.2, -0.15) is 0 Å².